The van der Waals surface area contributed by atoms with Crippen LogP contribution < -0.4 is 4.68 Å². The van der Waals surface area contributed by atoms with E-state index in [0.29, 0.717) is 0 Å². The Kier molecular flexibility index (Phi) is 1.71. The summed E-state index contributed by atoms with van der Waals surface area (Å²) in [4.78, 5) is 10.8. The molecule has 1 aromatic rings. The van der Waals surface area contributed by atoms with E-state index in [0.717, 1.165) is 0 Å². The third-order valence-corrected chi connectivity index (χ3v) is 1.23. The fourth-order valence-corrected chi connectivity index (χ4v) is 0.705. The number of nitrogens with zero attached hydrogens (tertiary/aromatic N) is 2. The van der Waals surface area contributed by atoms with Crippen molar-refractivity contribution in [2.45, 2.75) is 0 Å². The molecule has 0 aliphatic rings. The van der Waals surface area contributed by atoms with Crippen LogP contribution in [0.5, 0.6) is 0 Å². The van der Waals surface area contributed by atoms with Crippen molar-refractivity contribution in [3.63, 3.8) is 0 Å². The lowest BCUT2D eigenvalue weighted by molar-refractivity contribution is -0.742. The van der Waals surface area contributed by atoms with E-state index in [9.17, 15) is 4.79 Å². The maximum atomic E-state index is 10.8. The van der Waals surface area contributed by atoms with E-state index in [4.69, 9.17) is 0 Å². The lowest BCUT2D eigenvalue weighted by Crippen LogP contribution is -2.41. The lowest BCUT2D eigenvalue weighted by atomic mass is 10.7. The van der Waals surface area contributed by atoms with Gasteiger partial charge in [-0.05, 0) is 0 Å². The number of aryl methyl sites for hydroxylation is 1. The van der Waals surface area contributed by atoms with E-state index in [1.54, 1.807) is 30.2 Å². The Bertz CT molecular complexity index is 242. The summed E-state index contributed by atoms with van der Waals surface area (Å²) in [5.74, 6) is 0. The van der Waals surface area contributed by atoms with Gasteiger partial charge in [-0.2, -0.15) is 0 Å². The maximum Gasteiger partial charge on any atom is 0.467 e. The number of methoxy groups -OCH3 is 1. The summed E-state index contributed by atoms with van der Waals surface area (Å²) in [5.41, 5.74) is 0. The minimum absolute atomic E-state index is 0.382. The molecule has 4 heteroatoms. The Morgan fingerprint density at radius 3 is 2.80 bits per heavy atom. The third kappa shape index (κ3) is 1.00. The molecule has 0 N–H and O–H groups in total. The number of ether oxygens (including phenoxy) is 1. The molecule has 10 heavy (non-hydrogen) atoms. The van der Waals surface area contributed by atoms with Crippen molar-refractivity contribution in [1.82, 2.24) is 4.68 Å². The summed E-state index contributed by atoms with van der Waals surface area (Å²) in [7, 11) is 3.11. The van der Waals surface area contributed by atoms with E-state index in [1.165, 1.54) is 11.8 Å². The molecule has 1 rings (SSSR count). The molecular formula is C6H9N2O2+. The molecule has 54 valence electrons. The number of carbonyl (C=O) groups excluding carboxylic acids is 1. The van der Waals surface area contributed by atoms with Gasteiger partial charge in [0.1, 0.15) is 0 Å². The van der Waals surface area contributed by atoms with Crippen LogP contribution in [0.25, 0.3) is 0 Å². The topological polar surface area (TPSA) is 35.1 Å². The van der Waals surface area contributed by atoms with E-state index >= 15 is 0 Å². The van der Waals surface area contributed by atoms with Crippen LogP contribution in [0.2, 0.25) is 0 Å². The lowest BCUT2D eigenvalue weighted by Gasteiger charge is -1.94. The van der Waals surface area contributed by atoms with Crippen molar-refractivity contribution >= 4 is 6.09 Å². The number of carbonyl (C=O) groups is 1. The molecule has 0 radical (unpaired) electrons. The van der Waals surface area contributed by atoms with Gasteiger partial charge in [0.25, 0.3) is 0 Å². The molecule has 0 aliphatic heterocycles. The molecule has 1 heterocycles. The Balaban J connectivity index is 2.93. The predicted octanol–water partition coefficient (Wildman–Crippen LogP) is -0.0729. The molecule has 4 nitrogen and oxygen atoms in total. The van der Waals surface area contributed by atoms with Crippen LogP contribution in [0, 0.1) is 0 Å². The molecule has 0 atom stereocenters. The minimum atomic E-state index is -0.382. The van der Waals surface area contributed by atoms with Crippen LogP contribution in [0.15, 0.2) is 18.5 Å². The van der Waals surface area contributed by atoms with Gasteiger partial charge in [-0.25, -0.2) is 4.79 Å². The van der Waals surface area contributed by atoms with Crippen molar-refractivity contribution in [2.24, 2.45) is 7.05 Å². The average Bonchev–Trinajstić information content (AvgIpc) is 2.34. The molecule has 0 saturated heterocycles. The van der Waals surface area contributed by atoms with Crippen molar-refractivity contribution < 1.29 is 14.2 Å². The zero-order valence-electron chi connectivity index (χ0n) is 5.94. The van der Waals surface area contributed by atoms with Gasteiger partial charge in [-0.3, -0.25) is 0 Å². The average molecular weight is 141 g/mol. The largest absolute Gasteiger partial charge is 0.467 e. The Morgan fingerprint density at radius 2 is 2.40 bits per heavy atom. The first-order chi connectivity index (χ1) is 4.75. The Hall–Kier alpha value is -1.32. The van der Waals surface area contributed by atoms with Gasteiger partial charge in [0.2, 0.25) is 0 Å². The van der Waals surface area contributed by atoms with Gasteiger partial charge in [-0.15, -0.1) is 4.68 Å². The molecule has 0 bridgehead atoms. The maximum absolute atomic E-state index is 10.8. The molecule has 0 amide bonds. The summed E-state index contributed by atoms with van der Waals surface area (Å²) in [5, 5.41) is 0. The minimum Gasteiger partial charge on any atom is -0.449 e. The second-order valence-electron chi connectivity index (χ2n) is 1.88. The van der Waals surface area contributed by atoms with Crippen LogP contribution in [-0.2, 0) is 11.8 Å². The highest BCUT2D eigenvalue weighted by molar-refractivity contribution is 5.67. The highest BCUT2D eigenvalue weighted by Crippen LogP contribution is 1.82. The van der Waals surface area contributed by atoms with E-state index in [1.807, 2.05) is 0 Å². The second kappa shape index (κ2) is 2.51. The first-order valence-electron chi connectivity index (χ1n) is 2.87. The third-order valence-electron chi connectivity index (χ3n) is 1.23. The highest BCUT2D eigenvalue weighted by atomic mass is 16.5. The standard InChI is InChI=1S/C6H9N2O2/c1-7-4-3-5-8(7)6(9)10-2/h3-5H,1-2H3/q+1. The quantitative estimate of drug-likeness (QED) is 0.474. The second-order valence-corrected chi connectivity index (χ2v) is 1.88. The summed E-state index contributed by atoms with van der Waals surface area (Å²) in [6.45, 7) is 0. The van der Waals surface area contributed by atoms with Crippen molar-refractivity contribution in [1.29, 1.82) is 0 Å². The first kappa shape index (κ1) is 6.80. The van der Waals surface area contributed by atoms with Gasteiger partial charge < -0.3 is 4.74 Å². The van der Waals surface area contributed by atoms with Gasteiger partial charge in [0, 0.05) is 6.07 Å². The van der Waals surface area contributed by atoms with Gasteiger partial charge in [0.15, 0.2) is 13.2 Å². The molecule has 1 aromatic heterocycles. The van der Waals surface area contributed by atoms with Crippen LogP contribution in [0.3, 0.4) is 0 Å². The van der Waals surface area contributed by atoms with Crippen LogP contribution in [0.1, 0.15) is 0 Å². The van der Waals surface area contributed by atoms with Crippen molar-refractivity contribution in [3.05, 3.63) is 18.5 Å². The first-order valence-corrected chi connectivity index (χ1v) is 2.87. The number of hydrogen-bond acceptors (Lipinski definition) is 2. The molecule has 0 aromatic carbocycles. The fraction of sp³-hybridized carbons (Fsp3) is 0.333. The molecule has 0 saturated carbocycles. The SMILES string of the molecule is COC(=O)n1ccc[n+]1C. The zero-order valence-corrected chi connectivity index (χ0v) is 5.94. The summed E-state index contributed by atoms with van der Waals surface area (Å²) >= 11 is 0. The van der Waals surface area contributed by atoms with Crippen LogP contribution in [0.4, 0.5) is 4.79 Å². The smallest absolute Gasteiger partial charge is 0.449 e. The highest BCUT2D eigenvalue weighted by Gasteiger charge is 2.10. The Labute approximate surface area is 58.6 Å². The number of hydrogen-bond donors (Lipinski definition) is 0. The van der Waals surface area contributed by atoms with Crippen LogP contribution >= 0.6 is 0 Å². The molecule has 0 aliphatic carbocycles. The van der Waals surface area contributed by atoms with Gasteiger partial charge in [-0.1, -0.05) is 4.68 Å². The summed E-state index contributed by atoms with van der Waals surface area (Å²) in [6, 6.07) is 1.76. The molecule has 0 unspecified atom stereocenters. The normalized spacial score (nSPS) is 9.40. The zero-order chi connectivity index (χ0) is 7.56. The van der Waals surface area contributed by atoms with E-state index < -0.39 is 0 Å². The van der Waals surface area contributed by atoms with E-state index in [-0.39, 0.29) is 6.09 Å². The molecule has 0 fully saturated rings. The van der Waals surface area contributed by atoms with Crippen molar-refractivity contribution in [2.75, 3.05) is 7.11 Å². The molecule has 0 spiro atoms. The number of rotatable bonds is 0. The molecular weight excluding hydrogens is 132 g/mol. The monoisotopic (exact) mass is 141 g/mol. The van der Waals surface area contributed by atoms with Crippen LogP contribution in [-0.4, -0.2) is 17.9 Å². The van der Waals surface area contributed by atoms with Gasteiger partial charge >= 0.3 is 6.09 Å². The van der Waals surface area contributed by atoms with Crippen molar-refractivity contribution in [3.8, 4) is 0 Å². The Morgan fingerprint density at radius 1 is 1.70 bits per heavy atom. The number of aromatic nitrogens is 2. The summed E-state index contributed by atoms with van der Waals surface area (Å²) < 4.78 is 7.47. The fourth-order valence-electron chi connectivity index (χ4n) is 0.705. The summed E-state index contributed by atoms with van der Waals surface area (Å²) in [6.07, 6.45) is 3.01. The van der Waals surface area contributed by atoms with E-state index in [2.05, 4.69) is 4.74 Å². The predicted molar refractivity (Wildman–Crippen MR) is 33.4 cm³/mol. The van der Waals surface area contributed by atoms with Gasteiger partial charge in [0.05, 0.1) is 13.3 Å².